The molecule has 0 saturated carbocycles. The van der Waals surface area contributed by atoms with Crippen LogP contribution in [-0.2, 0) is 6.54 Å². The number of anilines is 3. The fourth-order valence-corrected chi connectivity index (χ4v) is 2.38. The van der Waals surface area contributed by atoms with Gasteiger partial charge in [0.15, 0.2) is 0 Å². The molecule has 0 aliphatic rings. The van der Waals surface area contributed by atoms with E-state index in [-0.39, 0.29) is 11.9 Å². The van der Waals surface area contributed by atoms with Gasteiger partial charge in [-0.15, -0.1) is 0 Å². The first kappa shape index (κ1) is 17.7. The number of rotatable bonds is 7. The SMILES string of the molecule is CC(C)Oc1ccccc1Nc1cc(NCc2ccc(F)cc2)ncn1. The van der Waals surface area contributed by atoms with Gasteiger partial charge in [0.05, 0.1) is 11.8 Å². The molecular weight excluding hydrogens is 331 g/mol. The van der Waals surface area contributed by atoms with Crippen molar-refractivity contribution in [3.05, 3.63) is 72.3 Å². The van der Waals surface area contributed by atoms with Crippen molar-refractivity contribution in [3.8, 4) is 5.75 Å². The molecule has 0 aliphatic heterocycles. The third-order valence-electron chi connectivity index (χ3n) is 3.57. The van der Waals surface area contributed by atoms with Crippen LogP contribution in [0.4, 0.5) is 21.7 Å². The van der Waals surface area contributed by atoms with Gasteiger partial charge in [0.2, 0.25) is 0 Å². The Kier molecular flexibility index (Phi) is 5.63. The number of benzene rings is 2. The molecule has 0 bridgehead atoms. The molecule has 0 atom stereocenters. The molecule has 0 fully saturated rings. The quantitative estimate of drug-likeness (QED) is 0.642. The molecule has 6 heteroatoms. The lowest BCUT2D eigenvalue weighted by Gasteiger charge is -2.15. The second-order valence-corrected chi connectivity index (χ2v) is 6.06. The van der Waals surface area contributed by atoms with Crippen molar-refractivity contribution in [1.82, 2.24) is 9.97 Å². The Bertz CT molecular complexity index is 852. The number of hydrogen-bond acceptors (Lipinski definition) is 5. The van der Waals surface area contributed by atoms with Crippen LogP contribution in [0.15, 0.2) is 60.9 Å². The van der Waals surface area contributed by atoms with E-state index >= 15 is 0 Å². The van der Waals surface area contributed by atoms with Crippen LogP contribution in [0.5, 0.6) is 5.75 Å². The first-order chi connectivity index (χ1) is 12.6. The predicted molar refractivity (Wildman–Crippen MR) is 101 cm³/mol. The van der Waals surface area contributed by atoms with Gasteiger partial charge in [0, 0.05) is 12.6 Å². The first-order valence-corrected chi connectivity index (χ1v) is 8.43. The lowest BCUT2D eigenvalue weighted by atomic mass is 10.2. The van der Waals surface area contributed by atoms with Gasteiger partial charge in [-0.3, -0.25) is 0 Å². The second-order valence-electron chi connectivity index (χ2n) is 6.06. The van der Waals surface area contributed by atoms with Gasteiger partial charge in [-0.2, -0.15) is 0 Å². The Morgan fingerprint density at radius 1 is 1.00 bits per heavy atom. The van der Waals surface area contributed by atoms with E-state index in [0.717, 1.165) is 17.0 Å². The molecule has 3 rings (SSSR count). The average molecular weight is 352 g/mol. The maximum atomic E-state index is 13.0. The first-order valence-electron chi connectivity index (χ1n) is 8.43. The van der Waals surface area contributed by atoms with Crippen LogP contribution in [0.3, 0.4) is 0 Å². The highest BCUT2D eigenvalue weighted by Gasteiger charge is 2.07. The molecule has 26 heavy (non-hydrogen) atoms. The molecule has 0 amide bonds. The zero-order chi connectivity index (χ0) is 18.4. The maximum absolute atomic E-state index is 13.0. The van der Waals surface area contributed by atoms with Gasteiger partial charge in [0.25, 0.3) is 0 Å². The summed E-state index contributed by atoms with van der Waals surface area (Å²) < 4.78 is 18.8. The number of nitrogens with zero attached hydrogens (tertiary/aromatic N) is 2. The summed E-state index contributed by atoms with van der Waals surface area (Å²) in [5, 5.41) is 6.47. The van der Waals surface area contributed by atoms with Crippen LogP contribution in [0.1, 0.15) is 19.4 Å². The minimum atomic E-state index is -0.246. The number of para-hydroxylation sites is 2. The maximum Gasteiger partial charge on any atom is 0.143 e. The third-order valence-corrected chi connectivity index (χ3v) is 3.57. The summed E-state index contributed by atoms with van der Waals surface area (Å²) in [6, 6.07) is 15.9. The molecule has 0 spiro atoms. The molecule has 5 nitrogen and oxygen atoms in total. The van der Waals surface area contributed by atoms with E-state index in [1.807, 2.05) is 44.2 Å². The van der Waals surface area contributed by atoms with Gasteiger partial charge in [-0.25, -0.2) is 14.4 Å². The lowest BCUT2D eigenvalue weighted by Crippen LogP contribution is -2.08. The molecule has 1 heterocycles. The fraction of sp³-hybridized carbons (Fsp3) is 0.200. The van der Waals surface area contributed by atoms with Crippen LogP contribution in [-0.4, -0.2) is 16.1 Å². The van der Waals surface area contributed by atoms with E-state index in [0.29, 0.717) is 18.2 Å². The van der Waals surface area contributed by atoms with Crippen LogP contribution in [0, 0.1) is 5.82 Å². The number of aromatic nitrogens is 2. The van der Waals surface area contributed by atoms with E-state index in [2.05, 4.69) is 20.6 Å². The zero-order valence-electron chi connectivity index (χ0n) is 14.7. The summed E-state index contributed by atoms with van der Waals surface area (Å²) in [6.07, 6.45) is 1.57. The number of hydrogen-bond donors (Lipinski definition) is 2. The number of halogens is 1. The summed E-state index contributed by atoms with van der Waals surface area (Å²) in [7, 11) is 0. The molecule has 0 aliphatic carbocycles. The van der Waals surface area contributed by atoms with Crippen LogP contribution in [0.2, 0.25) is 0 Å². The topological polar surface area (TPSA) is 59.1 Å². The minimum Gasteiger partial charge on any atom is -0.489 e. The minimum absolute atomic E-state index is 0.0799. The molecule has 134 valence electrons. The predicted octanol–water partition coefficient (Wildman–Crippen LogP) is 4.76. The second kappa shape index (κ2) is 8.29. The molecule has 1 aromatic heterocycles. The van der Waals surface area contributed by atoms with Crippen molar-refractivity contribution in [1.29, 1.82) is 0 Å². The highest BCUT2D eigenvalue weighted by atomic mass is 19.1. The average Bonchev–Trinajstić information content (AvgIpc) is 2.63. The summed E-state index contributed by atoms with van der Waals surface area (Å²) in [5.41, 5.74) is 1.81. The van der Waals surface area contributed by atoms with Gasteiger partial charge in [-0.05, 0) is 43.7 Å². The van der Waals surface area contributed by atoms with Crippen LogP contribution >= 0.6 is 0 Å². The monoisotopic (exact) mass is 352 g/mol. The summed E-state index contributed by atoms with van der Waals surface area (Å²) in [4.78, 5) is 8.47. The Labute approximate surface area is 152 Å². The molecular formula is C20H21FN4O. The van der Waals surface area contributed by atoms with Gasteiger partial charge in [-0.1, -0.05) is 24.3 Å². The van der Waals surface area contributed by atoms with E-state index < -0.39 is 0 Å². The van der Waals surface area contributed by atoms with Gasteiger partial charge < -0.3 is 15.4 Å². The summed E-state index contributed by atoms with van der Waals surface area (Å²) in [6.45, 7) is 4.52. The summed E-state index contributed by atoms with van der Waals surface area (Å²) >= 11 is 0. The number of nitrogens with one attached hydrogen (secondary N) is 2. The Morgan fingerprint density at radius 3 is 2.50 bits per heavy atom. The van der Waals surface area contributed by atoms with Crippen molar-refractivity contribution in [2.75, 3.05) is 10.6 Å². The van der Waals surface area contributed by atoms with Crippen molar-refractivity contribution in [2.45, 2.75) is 26.5 Å². The highest BCUT2D eigenvalue weighted by molar-refractivity contribution is 5.65. The Hall–Kier alpha value is -3.15. The lowest BCUT2D eigenvalue weighted by molar-refractivity contribution is 0.244. The standard InChI is InChI=1S/C20H21FN4O/c1-14(2)26-18-6-4-3-5-17(18)25-20-11-19(23-13-24-20)22-12-15-7-9-16(21)10-8-15/h3-11,13-14H,12H2,1-2H3,(H2,22,23,24,25). The Morgan fingerprint density at radius 2 is 1.73 bits per heavy atom. The molecule has 3 aromatic rings. The third kappa shape index (κ3) is 4.92. The zero-order valence-corrected chi connectivity index (χ0v) is 14.7. The van der Waals surface area contributed by atoms with Crippen molar-refractivity contribution in [2.24, 2.45) is 0 Å². The van der Waals surface area contributed by atoms with Crippen LogP contribution in [0.25, 0.3) is 0 Å². The van der Waals surface area contributed by atoms with Crippen molar-refractivity contribution >= 4 is 17.3 Å². The smallest absolute Gasteiger partial charge is 0.143 e. The van der Waals surface area contributed by atoms with Gasteiger partial charge >= 0.3 is 0 Å². The highest BCUT2D eigenvalue weighted by Crippen LogP contribution is 2.28. The molecule has 0 saturated heterocycles. The molecule has 2 aromatic carbocycles. The molecule has 0 radical (unpaired) electrons. The Balaban J connectivity index is 1.69. The normalized spacial score (nSPS) is 10.6. The largest absolute Gasteiger partial charge is 0.489 e. The molecule has 2 N–H and O–H groups in total. The van der Waals surface area contributed by atoms with Crippen LogP contribution < -0.4 is 15.4 Å². The van der Waals surface area contributed by atoms with E-state index in [4.69, 9.17) is 4.74 Å². The van der Waals surface area contributed by atoms with Crippen molar-refractivity contribution < 1.29 is 9.13 Å². The van der Waals surface area contributed by atoms with E-state index in [1.165, 1.54) is 18.5 Å². The number of ether oxygens (including phenoxy) is 1. The van der Waals surface area contributed by atoms with E-state index in [9.17, 15) is 4.39 Å². The molecule has 0 unspecified atom stereocenters. The summed E-state index contributed by atoms with van der Waals surface area (Å²) in [5.74, 6) is 1.85. The van der Waals surface area contributed by atoms with Crippen molar-refractivity contribution in [3.63, 3.8) is 0 Å². The van der Waals surface area contributed by atoms with Gasteiger partial charge in [0.1, 0.15) is 29.5 Å². The van der Waals surface area contributed by atoms with E-state index in [1.54, 1.807) is 12.1 Å². The fourth-order valence-electron chi connectivity index (χ4n) is 2.38.